The van der Waals surface area contributed by atoms with Crippen LogP contribution in [0.4, 0.5) is 10.1 Å². The number of nitrogens with zero attached hydrogens (tertiary/aromatic N) is 1. The largest absolute Gasteiger partial charge is 0.467 e. The summed E-state index contributed by atoms with van der Waals surface area (Å²) in [6.45, 7) is 0.0545. The molecule has 8 heteroatoms. The predicted molar refractivity (Wildman–Crippen MR) is 83.3 cm³/mol. The van der Waals surface area contributed by atoms with Crippen molar-refractivity contribution in [2.45, 2.75) is 19.6 Å². The minimum Gasteiger partial charge on any atom is -0.467 e. The first-order valence-electron chi connectivity index (χ1n) is 7.44. The lowest BCUT2D eigenvalue weighted by molar-refractivity contribution is -0.385. The second-order valence-electron chi connectivity index (χ2n) is 5.42. The van der Waals surface area contributed by atoms with Gasteiger partial charge < -0.3 is 14.2 Å². The van der Waals surface area contributed by atoms with Crippen LogP contribution in [0.15, 0.2) is 36.4 Å². The quantitative estimate of drug-likeness (QED) is 0.469. The number of nitro benzene ring substituents is 1. The van der Waals surface area contributed by atoms with E-state index in [1.807, 2.05) is 0 Å². The van der Waals surface area contributed by atoms with Crippen LogP contribution in [0.25, 0.3) is 0 Å². The van der Waals surface area contributed by atoms with Gasteiger partial charge >= 0.3 is 5.97 Å². The first-order chi connectivity index (χ1) is 12.0. The van der Waals surface area contributed by atoms with Crippen LogP contribution in [0.2, 0.25) is 0 Å². The molecule has 0 saturated carbocycles. The molecule has 3 rings (SSSR count). The highest BCUT2D eigenvalue weighted by molar-refractivity contribution is 5.72. The summed E-state index contributed by atoms with van der Waals surface area (Å²) < 4.78 is 28.5. The fourth-order valence-electron chi connectivity index (χ4n) is 2.47. The Morgan fingerprint density at radius 2 is 2.04 bits per heavy atom. The van der Waals surface area contributed by atoms with Gasteiger partial charge in [0, 0.05) is 23.3 Å². The Morgan fingerprint density at radius 1 is 1.28 bits per heavy atom. The van der Waals surface area contributed by atoms with E-state index in [0.29, 0.717) is 22.4 Å². The molecule has 0 fully saturated rings. The maximum atomic E-state index is 12.9. The maximum Gasteiger partial charge on any atom is 0.310 e. The lowest BCUT2D eigenvalue weighted by Gasteiger charge is -2.20. The van der Waals surface area contributed by atoms with Gasteiger partial charge in [0.1, 0.15) is 18.2 Å². The van der Waals surface area contributed by atoms with Crippen molar-refractivity contribution >= 4 is 11.7 Å². The van der Waals surface area contributed by atoms with E-state index in [0.717, 1.165) is 0 Å². The van der Waals surface area contributed by atoms with E-state index < -0.39 is 10.9 Å². The van der Waals surface area contributed by atoms with Gasteiger partial charge in [-0.2, -0.15) is 0 Å². The zero-order valence-corrected chi connectivity index (χ0v) is 13.1. The first kappa shape index (κ1) is 16.8. The summed E-state index contributed by atoms with van der Waals surface area (Å²) in [7, 11) is 0. The normalized spacial score (nSPS) is 12.8. The molecule has 25 heavy (non-hydrogen) atoms. The number of fused-ring (bicyclic) bond motifs is 1. The first-order valence-corrected chi connectivity index (χ1v) is 7.44. The number of benzene rings is 2. The van der Waals surface area contributed by atoms with E-state index in [1.165, 1.54) is 36.4 Å². The van der Waals surface area contributed by atoms with E-state index >= 15 is 0 Å². The number of carbonyl (C=O) groups is 1. The molecular weight excluding hydrogens is 333 g/mol. The van der Waals surface area contributed by atoms with Crippen LogP contribution in [-0.4, -0.2) is 17.7 Å². The molecule has 0 radical (unpaired) electrons. The number of rotatable bonds is 5. The standard InChI is InChI=1S/C17H14FNO6/c18-14-3-1-11(2-4-14)5-16(20)24-9-13-7-15(19(21)22)6-12-8-23-10-25-17(12)13/h1-4,6-7H,5,8-10H2. The number of ether oxygens (including phenoxy) is 3. The molecule has 2 aromatic rings. The van der Waals surface area contributed by atoms with E-state index in [4.69, 9.17) is 14.2 Å². The van der Waals surface area contributed by atoms with Gasteiger partial charge in [-0.3, -0.25) is 14.9 Å². The summed E-state index contributed by atoms with van der Waals surface area (Å²) in [5.41, 5.74) is 1.42. The molecule has 0 spiro atoms. The Bertz CT molecular complexity index is 806. The van der Waals surface area contributed by atoms with Gasteiger partial charge in [0.15, 0.2) is 6.79 Å². The number of halogens is 1. The van der Waals surface area contributed by atoms with Crippen molar-refractivity contribution in [3.8, 4) is 5.75 Å². The van der Waals surface area contributed by atoms with Crippen molar-refractivity contribution in [1.82, 2.24) is 0 Å². The van der Waals surface area contributed by atoms with Gasteiger partial charge in [-0.25, -0.2) is 4.39 Å². The summed E-state index contributed by atoms with van der Waals surface area (Å²) in [6.07, 6.45) is -0.0264. The Morgan fingerprint density at radius 3 is 2.76 bits per heavy atom. The maximum absolute atomic E-state index is 12.9. The second kappa shape index (κ2) is 7.27. The minimum atomic E-state index is -0.529. The van der Waals surface area contributed by atoms with Gasteiger partial charge in [0.2, 0.25) is 0 Å². The molecule has 0 bridgehead atoms. The third kappa shape index (κ3) is 4.10. The average molecular weight is 347 g/mol. The highest BCUT2D eigenvalue weighted by Gasteiger charge is 2.21. The number of esters is 1. The molecule has 0 amide bonds. The topological polar surface area (TPSA) is 87.9 Å². The SMILES string of the molecule is O=C(Cc1ccc(F)cc1)OCc1cc([N+](=O)[O-])cc2c1OCOC2. The molecule has 0 atom stereocenters. The average Bonchev–Trinajstić information content (AvgIpc) is 2.61. The highest BCUT2D eigenvalue weighted by atomic mass is 19.1. The summed E-state index contributed by atoms with van der Waals surface area (Å²) in [5, 5.41) is 11.0. The second-order valence-corrected chi connectivity index (χ2v) is 5.42. The summed E-state index contributed by atoms with van der Waals surface area (Å²) >= 11 is 0. The van der Waals surface area contributed by atoms with Gasteiger partial charge in [-0.15, -0.1) is 0 Å². The monoisotopic (exact) mass is 347 g/mol. The fraction of sp³-hybridized carbons (Fsp3) is 0.235. The van der Waals surface area contributed by atoms with E-state index in [2.05, 4.69) is 0 Å². The molecular formula is C17H14FNO6. The molecule has 130 valence electrons. The van der Waals surface area contributed by atoms with E-state index in [-0.39, 0.29) is 37.9 Å². The number of nitro groups is 1. The molecule has 0 aromatic heterocycles. The van der Waals surface area contributed by atoms with Gasteiger partial charge in [-0.05, 0) is 17.7 Å². The molecule has 7 nitrogen and oxygen atoms in total. The smallest absolute Gasteiger partial charge is 0.310 e. The van der Waals surface area contributed by atoms with Crippen LogP contribution in [0, 0.1) is 15.9 Å². The van der Waals surface area contributed by atoms with E-state index in [1.54, 1.807) is 0 Å². The van der Waals surface area contributed by atoms with Gasteiger partial charge in [-0.1, -0.05) is 12.1 Å². The Balaban J connectivity index is 1.71. The van der Waals surface area contributed by atoms with Crippen molar-refractivity contribution in [2.24, 2.45) is 0 Å². The Hall–Kier alpha value is -3.00. The van der Waals surface area contributed by atoms with Crippen LogP contribution in [0.1, 0.15) is 16.7 Å². The zero-order valence-electron chi connectivity index (χ0n) is 13.1. The van der Waals surface area contributed by atoms with Crippen LogP contribution in [0.5, 0.6) is 5.75 Å². The van der Waals surface area contributed by atoms with Crippen LogP contribution in [0.3, 0.4) is 0 Å². The van der Waals surface area contributed by atoms with Crippen molar-refractivity contribution < 1.29 is 28.3 Å². The number of carbonyl (C=O) groups excluding carboxylic acids is 1. The predicted octanol–water partition coefficient (Wildman–Crippen LogP) is 2.89. The molecule has 2 aromatic carbocycles. The third-order valence-corrected chi connectivity index (χ3v) is 3.63. The number of non-ortho nitro benzene ring substituents is 1. The van der Waals surface area contributed by atoms with Gasteiger partial charge in [0.25, 0.3) is 5.69 Å². The zero-order chi connectivity index (χ0) is 17.8. The van der Waals surface area contributed by atoms with Crippen LogP contribution >= 0.6 is 0 Å². The lowest BCUT2D eigenvalue weighted by Crippen LogP contribution is -2.15. The fourth-order valence-corrected chi connectivity index (χ4v) is 2.47. The lowest BCUT2D eigenvalue weighted by atomic mass is 10.1. The van der Waals surface area contributed by atoms with Crippen molar-refractivity contribution in [3.63, 3.8) is 0 Å². The summed E-state index contributed by atoms with van der Waals surface area (Å²) in [6, 6.07) is 8.19. The van der Waals surface area contributed by atoms with Crippen LogP contribution < -0.4 is 4.74 Å². The third-order valence-electron chi connectivity index (χ3n) is 3.63. The van der Waals surface area contributed by atoms with Crippen LogP contribution in [-0.2, 0) is 33.9 Å². The molecule has 1 aliphatic rings. The van der Waals surface area contributed by atoms with Crippen molar-refractivity contribution in [1.29, 1.82) is 0 Å². The molecule has 1 aliphatic heterocycles. The minimum absolute atomic E-state index is 0.0264. The molecule has 0 unspecified atom stereocenters. The number of hydrogen-bond acceptors (Lipinski definition) is 6. The van der Waals surface area contributed by atoms with Crippen molar-refractivity contribution in [2.75, 3.05) is 6.79 Å². The van der Waals surface area contributed by atoms with Crippen molar-refractivity contribution in [3.05, 3.63) is 69.0 Å². The molecule has 1 heterocycles. The van der Waals surface area contributed by atoms with Gasteiger partial charge in [0.05, 0.1) is 18.0 Å². The highest BCUT2D eigenvalue weighted by Crippen LogP contribution is 2.33. The summed E-state index contributed by atoms with van der Waals surface area (Å²) in [5.74, 6) is -0.481. The van der Waals surface area contributed by atoms with E-state index in [9.17, 15) is 19.3 Å². The molecule has 0 N–H and O–H groups in total. The summed E-state index contributed by atoms with van der Waals surface area (Å²) in [4.78, 5) is 22.4. The molecule has 0 aliphatic carbocycles. The number of hydrogen-bond donors (Lipinski definition) is 0. The molecule has 0 saturated heterocycles. The Labute approximate surface area is 142 Å². The Kier molecular flexibility index (Phi) is 4.90.